The van der Waals surface area contributed by atoms with Crippen molar-refractivity contribution < 1.29 is 4.74 Å². The molecule has 0 aliphatic heterocycles. The molecule has 90 valence electrons. The lowest BCUT2D eigenvalue weighted by Gasteiger charge is -2.06. The Balaban J connectivity index is 2.18. The Labute approximate surface area is 100 Å². The standard InChI is InChI=1S/C12H16N4O/c1-3-4-8-17-12-13-14-15-16(12)11-7-5-6-10(2)9-11/h5-7,9H,3-4,8H2,1-2H3. The molecule has 0 N–H and O–H groups in total. The van der Waals surface area contributed by atoms with Crippen LogP contribution in [0, 0.1) is 6.92 Å². The van der Waals surface area contributed by atoms with Crippen molar-refractivity contribution in [1.82, 2.24) is 20.2 Å². The number of benzene rings is 1. The second-order valence-electron chi connectivity index (χ2n) is 3.91. The van der Waals surface area contributed by atoms with Gasteiger partial charge in [-0.25, -0.2) is 0 Å². The van der Waals surface area contributed by atoms with Gasteiger partial charge in [0.2, 0.25) is 0 Å². The number of unbranched alkanes of at least 4 members (excludes halogenated alkanes) is 1. The van der Waals surface area contributed by atoms with Crippen molar-refractivity contribution in [2.24, 2.45) is 0 Å². The SMILES string of the molecule is CCCCOc1nnnn1-c1cccc(C)c1. The second kappa shape index (κ2) is 5.43. The number of aromatic nitrogens is 4. The zero-order valence-electron chi connectivity index (χ0n) is 10.1. The van der Waals surface area contributed by atoms with Gasteiger partial charge in [0.1, 0.15) is 0 Å². The van der Waals surface area contributed by atoms with Gasteiger partial charge in [-0.1, -0.05) is 30.6 Å². The number of nitrogens with zero attached hydrogens (tertiary/aromatic N) is 4. The molecule has 0 spiro atoms. The first-order valence-corrected chi connectivity index (χ1v) is 5.79. The lowest BCUT2D eigenvalue weighted by molar-refractivity contribution is 0.278. The van der Waals surface area contributed by atoms with E-state index >= 15 is 0 Å². The van der Waals surface area contributed by atoms with Crippen LogP contribution in [-0.4, -0.2) is 26.8 Å². The Bertz CT molecular complexity index is 481. The highest BCUT2D eigenvalue weighted by Gasteiger charge is 2.08. The molecule has 0 amide bonds. The summed E-state index contributed by atoms with van der Waals surface area (Å²) in [5.74, 6) is 0. The molecule has 0 atom stereocenters. The summed E-state index contributed by atoms with van der Waals surface area (Å²) in [7, 11) is 0. The van der Waals surface area contributed by atoms with Gasteiger partial charge in [0.25, 0.3) is 0 Å². The van der Waals surface area contributed by atoms with Crippen molar-refractivity contribution in [2.75, 3.05) is 6.61 Å². The number of tetrazole rings is 1. The average Bonchev–Trinajstić information content (AvgIpc) is 2.78. The Hall–Kier alpha value is -1.91. The summed E-state index contributed by atoms with van der Waals surface area (Å²) in [5, 5.41) is 11.5. The number of ether oxygens (including phenoxy) is 1. The molecular formula is C12H16N4O. The molecule has 0 unspecified atom stereocenters. The molecule has 1 heterocycles. The number of rotatable bonds is 5. The third-order valence-electron chi connectivity index (χ3n) is 2.42. The van der Waals surface area contributed by atoms with Crippen LogP contribution in [0.2, 0.25) is 0 Å². The number of hydrogen-bond donors (Lipinski definition) is 0. The second-order valence-corrected chi connectivity index (χ2v) is 3.91. The molecule has 17 heavy (non-hydrogen) atoms. The molecule has 0 aliphatic carbocycles. The largest absolute Gasteiger partial charge is 0.462 e. The van der Waals surface area contributed by atoms with E-state index in [4.69, 9.17) is 4.74 Å². The molecule has 0 saturated carbocycles. The lowest BCUT2D eigenvalue weighted by Crippen LogP contribution is -2.05. The van der Waals surface area contributed by atoms with Crippen LogP contribution in [0.25, 0.3) is 5.69 Å². The lowest BCUT2D eigenvalue weighted by atomic mass is 10.2. The molecule has 2 aromatic rings. The summed E-state index contributed by atoms with van der Waals surface area (Å²) < 4.78 is 7.15. The van der Waals surface area contributed by atoms with Crippen LogP contribution in [0.3, 0.4) is 0 Å². The number of aryl methyl sites for hydroxylation is 1. The summed E-state index contributed by atoms with van der Waals surface area (Å²) in [5.41, 5.74) is 2.08. The fraction of sp³-hybridized carbons (Fsp3) is 0.417. The molecule has 1 aromatic carbocycles. The maximum Gasteiger partial charge on any atom is 0.340 e. The molecule has 0 fully saturated rings. The highest BCUT2D eigenvalue weighted by atomic mass is 16.5. The monoisotopic (exact) mass is 232 g/mol. The van der Waals surface area contributed by atoms with Crippen LogP contribution < -0.4 is 4.74 Å². The van der Waals surface area contributed by atoms with Crippen molar-refractivity contribution in [3.05, 3.63) is 29.8 Å². The quantitative estimate of drug-likeness (QED) is 0.741. The molecular weight excluding hydrogens is 216 g/mol. The van der Waals surface area contributed by atoms with Crippen molar-refractivity contribution >= 4 is 0 Å². The van der Waals surface area contributed by atoms with E-state index < -0.39 is 0 Å². The molecule has 0 saturated heterocycles. The van der Waals surface area contributed by atoms with E-state index in [1.165, 1.54) is 0 Å². The highest BCUT2D eigenvalue weighted by molar-refractivity contribution is 5.35. The molecule has 0 aliphatic rings. The van der Waals surface area contributed by atoms with E-state index in [2.05, 4.69) is 22.4 Å². The van der Waals surface area contributed by atoms with E-state index in [0.29, 0.717) is 12.6 Å². The molecule has 1 aromatic heterocycles. The zero-order valence-corrected chi connectivity index (χ0v) is 10.1. The zero-order chi connectivity index (χ0) is 12.1. The van der Waals surface area contributed by atoms with Crippen molar-refractivity contribution in [2.45, 2.75) is 26.7 Å². The van der Waals surface area contributed by atoms with E-state index in [1.54, 1.807) is 4.68 Å². The van der Waals surface area contributed by atoms with Gasteiger partial charge in [-0.15, -0.1) is 0 Å². The third kappa shape index (κ3) is 2.81. The summed E-state index contributed by atoms with van der Waals surface area (Å²) >= 11 is 0. The Morgan fingerprint density at radius 3 is 3.00 bits per heavy atom. The van der Waals surface area contributed by atoms with Crippen LogP contribution >= 0.6 is 0 Å². The normalized spacial score (nSPS) is 10.5. The number of hydrogen-bond acceptors (Lipinski definition) is 4. The first-order valence-electron chi connectivity index (χ1n) is 5.79. The summed E-state index contributed by atoms with van der Waals surface area (Å²) in [6.45, 7) is 4.79. The molecule has 0 radical (unpaired) electrons. The van der Waals surface area contributed by atoms with Crippen molar-refractivity contribution in [1.29, 1.82) is 0 Å². The van der Waals surface area contributed by atoms with Gasteiger partial charge in [0, 0.05) is 0 Å². The van der Waals surface area contributed by atoms with Gasteiger partial charge in [-0.05, 0) is 41.5 Å². The Morgan fingerprint density at radius 1 is 1.35 bits per heavy atom. The van der Waals surface area contributed by atoms with Gasteiger partial charge < -0.3 is 4.74 Å². The molecule has 0 bridgehead atoms. The Morgan fingerprint density at radius 2 is 2.24 bits per heavy atom. The molecule has 2 rings (SSSR count). The van der Waals surface area contributed by atoms with Crippen LogP contribution in [0.15, 0.2) is 24.3 Å². The van der Waals surface area contributed by atoms with Crippen LogP contribution in [0.1, 0.15) is 25.3 Å². The van der Waals surface area contributed by atoms with E-state index in [9.17, 15) is 0 Å². The fourth-order valence-corrected chi connectivity index (χ4v) is 1.50. The maximum absolute atomic E-state index is 5.54. The molecule has 5 heteroatoms. The van der Waals surface area contributed by atoms with Crippen LogP contribution in [0.4, 0.5) is 0 Å². The minimum absolute atomic E-state index is 0.448. The van der Waals surface area contributed by atoms with Gasteiger partial charge in [-0.3, -0.25) is 0 Å². The minimum Gasteiger partial charge on any atom is -0.462 e. The minimum atomic E-state index is 0.448. The van der Waals surface area contributed by atoms with Crippen molar-refractivity contribution in [3.8, 4) is 11.7 Å². The van der Waals surface area contributed by atoms with Gasteiger partial charge in [0.15, 0.2) is 0 Å². The first-order chi connectivity index (χ1) is 8.31. The third-order valence-corrected chi connectivity index (χ3v) is 2.42. The van der Waals surface area contributed by atoms with Gasteiger partial charge >= 0.3 is 6.01 Å². The summed E-state index contributed by atoms with van der Waals surface area (Å²) in [6.07, 6.45) is 2.09. The van der Waals surface area contributed by atoms with E-state index in [0.717, 1.165) is 24.1 Å². The van der Waals surface area contributed by atoms with Crippen LogP contribution in [-0.2, 0) is 0 Å². The molecule has 5 nitrogen and oxygen atoms in total. The van der Waals surface area contributed by atoms with Gasteiger partial charge in [-0.2, -0.15) is 4.68 Å². The Kier molecular flexibility index (Phi) is 3.69. The highest BCUT2D eigenvalue weighted by Crippen LogP contribution is 2.14. The topological polar surface area (TPSA) is 52.8 Å². The summed E-state index contributed by atoms with van der Waals surface area (Å²) in [4.78, 5) is 0. The predicted molar refractivity (Wildman–Crippen MR) is 64.3 cm³/mol. The summed E-state index contributed by atoms with van der Waals surface area (Å²) in [6, 6.07) is 8.43. The first kappa shape index (κ1) is 11.6. The van der Waals surface area contributed by atoms with E-state index in [1.807, 2.05) is 31.2 Å². The van der Waals surface area contributed by atoms with E-state index in [-0.39, 0.29) is 0 Å². The van der Waals surface area contributed by atoms with Crippen LogP contribution in [0.5, 0.6) is 6.01 Å². The predicted octanol–water partition coefficient (Wildman–Crippen LogP) is 2.15. The maximum atomic E-state index is 5.54. The van der Waals surface area contributed by atoms with Crippen molar-refractivity contribution in [3.63, 3.8) is 0 Å². The fourth-order valence-electron chi connectivity index (χ4n) is 1.50. The van der Waals surface area contributed by atoms with Gasteiger partial charge in [0.05, 0.1) is 12.3 Å². The smallest absolute Gasteiger partial charge is 0.340 e. The average molecular weight is 232 g/mol.